The second-order valence-electron chi connectivity index (χ2n) is 5.81. The van der Waals surface area contributed by atoms with Gasteiger partial charge in [-0.25, -0.2) is 8.42 Å². The zero-order valence-electron chi connectivity index (χ0n) is 13.5. The fourth-order valence-electron chi connectivity index (χ4n) is 2.63. The summed E-state index contributed by atoms with van der Waals surface area (Å²) in [6.45, 7) is 1.97. The van der Waals surface area contributed by atoms with E-state index in [-0.39, 0.29) is 0 Å². The van der Waals surface area contributed by atoms with Crippen molar-refractivity contribution in [1.29, 1.82) is 0 Å². The van der Waals surface area contributed by atoms with Crippen LogP contribution >= 0.6 is 11.6 Å². The molecule has 0 saturated heterocycles. The van der Waals surface area contributed by atoms with Crippen LogP contribution < -0.4 is 0 Å². The summed E-state index contributed by atoms with van der Waals surface area (Å²) in [5, 5.41) is 0.731. The minimum atomic E-state index is -3.19. The van der Waals surface area contributed by atoms with E-state index in [0.717, 1.165) is 32.8 Å². The van der Waals surface area contributed by atoms with Gasteiger partial charge in [-0.15, -0.1) is 0 Å². The first-order chi connectivity index (χ1) is 11.4. The van der Waals surface area contributed by atoms with Crippen molar-refractivity contribution in [2.24, 2.45) is 0 Å². The molecule has 0 bridgehead atoms. The summed E-state index contributed by atoms with van der Waals surface area (Å²) >= 11 is 6.27. The topological polar surface area (TPSA) is 34.1 Å². The van der Waals surface area contributed by atoms with Crippen molar-refractivity contribution in [3.05, 3.63) is 77.3 Å². The standard InChI is InChI=1S/C20H17ClO2S/c1-14-7-8-16(13-20(14)21)19-6-4-3-5-18(19)15-9-11-17(12-10-15)24(2,22)23/h3-13H,1-2H3. The van der Waals surface area contributed by atoms with Gasteiger partial charge in [-0.2, -0.15) is 0 Å². The van der Waals surface area contributed by atoms with E-state index in [1.54, 1.807) is 12.1 Å². The first-order valence-corrected chi connectivity index (χ1v) is 9.79. The predicted molar refractivity (Wildman–Crippen MR) is 100 cm³/mol. The van der Waals surface area contributed by atoms with Crippen LogP contribution in [0.15, 0.2) is 71.6 Å². The number of hydrogen-bond donors (Lipinski definition) is 0. The van der Waals surface area contributed by atoms with Gasteiger partial charge in [0.15, 0.2) is 9.84 Å². The van der Waals surface area contributed by atoms with E-state index in [2.05, 4.69) is 0 Å². The van der Waals surface area contributed by atoms with Crippen molar-refractivity contribution in [3.8, 4) is 22.3 Å². The van der Waals surface area contributed by atoms with Crippen molar-refractivity contribution >= 4 is 21.4 Å². The molecule has 0 radical (unpaired) electrons. The zero-order chi connectivity index (χ0) is 17.3. The first-order valence-electron chi connectivity index (χ1n) is 7.52. The summed E-state index contributed by atoms with van der Waals surface area (Å²) in [6, 6.07) is 21.0. The van der Waals surface area contributed by atoms with Crippen LogP contribution in [0, 0.1) is 6.92 Å². The molecule has 0 fully saturated rings. The average Bonchev–Trinajstić information content (AvgIpc) is 2.57. The molecule has 2 nitrogen and oxygen atoms in total. The molecule has 3 aromatic rings. The Morgan fingerprint density at radius 3 is 1.88 bits per heavy atom. The normalized spacial score (nSPS) is 11.5. The van der Waals surface area contributed by atoms with Crippen molar-refractivity contribution in [2.45, 2.75) is 11.8 Å². The monoisotopic (exact) mass is 356 g/mol. The van der Waals surface area contributed by atoms with Gasteiger partial charge in [0.1, 0.15) is 0 Å². The van der Waals surface area contributed by atoms with Gasteiger partial charge in [-0.05, 0) is 52.9 Å². The Bertz CT molecular complexity index is 990. The van der Waals surface area contributed by atoms with E-state index in [1.165, 1.54) is 6.26 Å². The lowest BCUT2D eigenvalue weighted by Gasteiger charge is -2.11. The van der Waals surface area contributed by atoms with Crippen LogP contribution in [0.4, 0.5) is 0 Å². The third-order valence-corrected chi connectivity index (χ3v) is 5.54. The Morgan fingerprint density at radius 2 is 1.33 bits per heavy atom. The summed E-state index contributed by atoms with van der Waals surface area (Å²) in [5.74, 6) is 0. The largest absolute Gasteiger partial charge is 0.224 e. The summed E-state index contributed by atoms with van der Waals surface area (Å²) < 4.78 is 23.2. The molecule has 0 aliphatic rings. The number of halogens is 1. The maximum Gasteiger partial charge on any atom is 0.175 e. The summed E-state index contributed by atoms with van der Waals surface area (Å²) in [7, 11) is -3.19. The fourth-order valence-corrected chi connectivity index (χ4v) is 3.44. The highest BCUT2D eigenvalue weighted by molar-refractivity contribution is 7.90. The summed E-state index contributed by atoms with van der Waals surface area (Å²) in [6.07, 6.45) is 1.21. The van der Waals surface area contributed by atoms with Crippen LogP contribution in [0.1, 0.15) is 5.56 Å². The quantitative estimate of drug-likeness (QED) is 0.630. The molecule has 0 N–H and O–H groups in total. The predicted octanol–water partition coefficient (Wildman–Crippen LogP) is 5.39. The first kappa shape index (κ1) is 16.7. The molecule has 122 valence electrons. The molecular weight excluding hydrogens is 340 g/mol. The van der Waals surface area contributed by atoms with E-state index in [9.17, 15) is 8.42 Å². The number of rotatable bonds is 3. The van der Waals surface area contributed by atoms with E-state index in [4.69, 9.17) is 11.6 Å². The number of aryl methyl sites for hydroxylation is 1. The summed E-state index contributed by atoms with van der Waals surface area (Å²) in [4.78, 5) is 0.321. The zero-order valence-corrected chi connectivity index (χ0v) is 15.0. The highest BCUT2D eigenvalue weighted by atomic mass is 35.5. The lowest BCUT2D eigenvalue weighted by atomic mass is 9.94. The van der Waals surface area contributed by atoms with Gasteiger partial charge in [0.25, 0.3) is 0 Å². The van der Waals surface area contributed by atoms with Gasteiger partial charge in [-0.1, -0.05) is 60.1 Å². The van der Waals surface area contributed by atoms with Crippen LogP contribution in [-0.2, 0) is 9.84 Å². The average molecular weight is 357 g/mol. The maximum absolute atomic E-state index is 11.6. The number of benzene rings is 3. The van der Waals surface area contributed by atoms with Gasteiger partial charge in [0.2, 0.25) is 0 Å². The van der Waals surface area contributed by atoms with Crippen LogP contribution in [0.25, 0.3) is 22.3 Å². The molecular formula is C20H17ClO2S. The highest BCUT2D eigenvalue weighted by Gasteiger charge is 2.10. The van der Waals surface area contributed by atoms with Gasteiger partial charge >= 0.3 is 0 Å². The third-order valence-electron chi connectivity index (χ3n) is 4.00. The lowest BCUT2D eigenvalue weighted by Crippen LogP contribution is -1.96. The van der Waals surface area contributed by atoms with E-state index in [0.29, 0.717) is 4.90 Å². The van der Waals surface area contributed by atoms with Gasteiger partial charge in [-0.3, -0.25) is 0 Å². The van der Waals surface area contributed by atoms with Gasteiger partial charge in [0, 0.05) is 11.3 Å². The van der Waals surface area contributed by atoms with Crippen molar-refractivity contribution in [3.63, 3.8) is 0 Å². The van der Waals surface area contributed by atoms with Gasteiger partial charge < -0.3 is 0 Å². The second kappa shape index (κ2) is 6.42. The maximum atomic E-state index is 11.6. The van der Waals surface area contributed by atoms with E-state index < -0.39 is 9.84 Å². The molecule has 0 aliphatic carbocycles. The Morgan fingerprint density at radius 1 is 0.792 bits per heavy atom. The highest BCUT2D eigenvalue weighted by Crippen LogP contribution is 2.34. The summed E-state index contributed by atoms with van der Waals surface area (Å²) in [5.41, 5.74) is 5.14. The molecule has 0 spiro atoms. The van der Waals surface area contributed by atoms with E-state index >= 15 is 0 Å². The lowest BCUT2D eigenvalue weighted by molar-refractivity contribution is 0.602. The Labute approximate surface area is 147 Å². The molecule has 0 atom stereocenters. The van der Waals surface area contributed by atoms with Crippen molar-refractivity contribution in [2.75, 3.05) is 6.26 Å². The van der Waals surface area contributed by atoms with Crippen molar-refractivity contribution < 1.29 is 8.42 Å². The Hall–Kier alpha value is -2.10. The molecule has 0 aliphatic heterocycles. The van der Waals surface area contributed by atoms with E-state index in [1.807, 2.05) is 61.5 Å². The molecule has 0 unspecified atom stereocenters. The van der Waals surface area contributed by atoms with Crippen LogP contribution in [0.5, 0.6) is 0 Å². The van der Waals surface area contributed by atoms with Gasteiger partial charge in [0.05, 0.1) is 4.90 Å². The molecule has 4 heteroatoms. The third kappa shape index (κ3) is 3.37. The smallest absolute Gasteiger partial charge is 0.175 e. The number of sulfone groups is 1. The fraction of sp³-hybridized carbons (Fsp3) is 0.100. The number of hydrogen-bond acceptors (Lipinski definition) is 2. The molecule has 0 aromatic heterocycles. The molecule has 24 heavy (non-hydrogen) atoms. The second-order valence-corrected chi connectivity index (χ2v) is 8.23. The SMILES string of the molecule is Cc1ccc(-c2ccccc2-c2ccc(S(C)(=O)=O)cc2)cc1Cl. The van der Waals surface area contributed by atoms with Crippen LogP contribution in [0.2, 0.25) is 5.02 Å². The molecule has 3 rings (SSSR count). The van der Waals surface area contributed by atoms with Crippen LogP contribution in [-0.4, -0.2) is 14.7 Å². The minimum absolute atomic E-state index is 0.321. The molecule has 0 amide bonds. The minimum Gasteiger partial charge on any atom is -0.224 e. The Kier molecular flexibility index (Phi) is 4.48. The van der Waals surface area contributed by atoms with Crippen LogP contribution in [0.3, 0.4) is 0 Å². The molecule has 0 heterocycles. The molecule has 3 aromatic carbocycles. The van der Waals surface area contributed by atoms with Crippen molar-refractivity contribution in [1.82, 2.24) is 0 Å². The Balaban J connectivity index is 2.11. The molecule has 0 saturated carbocycles.